The van der Waals surface area contributed by atoms with Gasteiger partial charge in [0, 0.05) is 31.1 Å². The van der Waals surface area contributed by atoms with Crippen LogP contribution in [0, 0.1) is 0 Å². The maximum absolute atomic E-state index is 11.5. The molecule has 2 unspecified atom stereocenters. The van der Waals surface area contributed by atoms with Gasteiger partial charge < -0.3 is 14.9 Å². The first-order chi connectivity index (χ1) is 9.27. The van der Waals surface area contributed by atoms with E-state index >= 15 is 0 Å². The molecular weight excluding hydrogens is 276 g/mol. The molecule has 1 aromatic rings. The molecule has 6 heteroatoms. The fraction of sp³-hybridized carbons (Fsp3) is 0.571. The van der Waals surface area contributed by atoms with Crippen LogP contribution in [0.3, 0.4) is 0 Å². The summed E-state index contributed by atoms with van der Waals surface area (Å²) in [5, 5.41) is 9.87. The Kier molecular flexibility index (Phi) is 4.36. The van der Waals surface area contributed by atoms with Crippen molar-refractivity contribution in [2.24, 2.45) is 0 Å². The van der Waals surface area contributed by atoms with E-state index in [2.05, 4.69) is 9.80 Å². The lowest BCUT2D eigenvalue weighted by Crippen LogP contribution is -2.37. The molecule has 1 aromatic carbocycles. The number of anilines is 1. The van der Waals surface area contributed by atoms with E-state index < -0.39 is 9.84 Å². The first kappa shape index (κ1) is 15.3. The van der Waals surface area contributed by atoms with Crippen molar-refractivity contribution < 1.29 is 13.5 Å². The normalized spacial score (nSPS) is 23.6. The van der Waals surface area contributed by atoms with Crippen LogP contribution in [0.25, 0.3) is 0 Å². The molecule has 0 aromatic heterocycles. The van der Waals surface area contributed by atoms with Crippen molar-refractivity contribution in [3.8, 4) is 0 Å². The highest BCUT2D eigenvalue weighted by Gasteiger charge is 2.31. The van der Waals surface area contributed by atoms with Gasteiger partial charge in [0.05, 0.1) is 11.0 Å². The molecule has 1 aliphatic rings. The molecule has 112 valence electrons. The van der Waals surface area contributed by atoms with Crippen molar-refractivity contribution in [1.82, 2.24) is 4.90 Å². The number of hydrogen-bond donors (Lipinski definition) is 1. The Morgan fingerprint density at radius 3 is 2.40 bits per heavy atom. The first-order valence-corrected chi connectivity index (χ1v) is 8.56. The van der Waals surface area contributed by atoms with Crippen LogP contribution in [0.5, 0.6) is 0 Å². The number of aliphatic hydroxyl groups excluding tert-OH is 1. The highest BCUT2D eigenvalue weighted by molar-refractivity contribution is 7.90. The number of hydrogen-bond acceptors (Lipinski definition) is 5. The van der Waals surface area contributed by atoms with E-state index in [1.165, 1.54) is 6.26 Å². The summed E-state index contributed by atoms with van der Waals surface area (Å²) in [6.45, 7) is 1.46. The Balaban J connectivity index is 2.21. The molecule has 1 aliphatic heterocycles. The van der Waals surface area contributed by atoms with Gasteiger partial charge in [0.1, 0.15) is 0 Å². The van der Waals surface area contributed by atoms with E-state index in [0.29, 0.717) is 11.4 Å². The second-order valence-corrected chi connectivity index (χ2v) is 7.74. The molecular formula is C14H22N2O3S. The Bertz CT molecular complexity index is 554. The molecule has 0 bridgehead atoms. The number of sulfone groups is 1. The summed E-state index contributed by atoms with van der Waals surface area (Å²) >= 11 is 0. The van der Waals surface area contributed by atoms with Gasteiger partial charge in [-0.1, -0.05) is 0 Å². The molecule has 1 saturated heterocycles. The minimum Gasteiger partial charge on any atom is -0.391 e. The van der Waals surface area contributed by atoms with Crippen molar-refractivity contribution in [3.63, 3.8) is 0 Å². The molecule has 0 spiro atoms. The van der Waals surface area contributed by atoms with Gasteiger partial charge in [-0.3, -0.25) is 0 Å². The Morgan fingerprint density at radius 1 is 1.30 bits per heavy atom. The average molecular weight is 298 g/mol. The molecule has 0 saturated carbocycles. The number of β-amino-alcohol motifs (C(OH)–C–C–N with tert-alkyl or cyclic N) is 1. The Hall–Kier alpha value is -1.11. The van der Waals surface area contributed by atoms with Crippen LogP contribution in [-0.2, 0) is 9.84 Å². The molecule has 20 heavy (non-hydrogen) atoms. The van der Waals surface area contributed by atoms with E-state index in [0.717, 1.165) is 18.7 Å². The number of likely N-dealkylation sites (N-methyl/N-ethyl adjacent to an activating group) is 1. The van der Waals surface area contributed by atoms with Crippen LogP contribution in [0.15, 0.2) is 29.2 Å². The molecule has 0 amide bonds. The number of rotatable bonds is 4. The predicted octanol–water partition coefficient (Wildman–Crippen LogP) is 0.591. The second kappa shape index (κ2) is 5.71. The topological polar surface area (TPSA) is 60.9 Å². The third kappa shape index (κ3) is 3.50. The lowest BCUT2D eigenvalue weighted by molar-refractivity contribution is 0.191. The highest BCUT2D eigenvalue weighted by Crippen LogP contribution is 2.27. The van der Waals surface area contributed by atoms with Crippen molar-refractivity contribution in [2.75, 3.05) is 38.3 Å². The smallest absolute Gasteiger partial charge is 0.175 e. The number of benzene rings is 1. The minimum atomic E-state index is -3.16. The van der Waals surface area contributed by atoms with Crippen molar-refractivity contribution >= 4 is 15.5 Å². The summed E-state index contributed by atoms with van der Waals surface area (Å²) in [7, 11) is 0.857. The van der Waals surface area contributed by atoms with Crippen LogP contribution < -0.4 is 4.90 Å². The molecule has 1 heterocycles. The summed E-state index contributed by atoms with van der Waals surface area (Å²) in [6.07, 6.45) is 1.62. The lowest BCUT2D eigenvalue weighted by atomic mass is 10.2. The molecule has 0 radical (unpaired) electrons. The zero-order valence-corrected chi connectivity index (χ0v) is 13.0. The maximum atomic E-state index is 11.5. The van der Waals surface area contributed by atoms with Crippen LogP contribution in [0.2, 0.25) is 0 Å². The summed E-state index contributed by atoms with van der Waals surface area (Å²) in [6, 6.07) is 7.14. The molecule has 1 fully saturated rings. The zero-order valence-electron chi connectivity index (χ0n) is 12.2. The van der Waals surface area contributed by atoms with E-state index in [1.807, 2.05) is 26.2 Å². The summed E-state index contributed by atoms with van der Waals surface area (Å²) in [5.74, 6) is 0. The van der Waals surface area contributed by atoms with Crippen LogP contribution in [0.4, 0.5) is 5.69 Å². The summed E-state index contributed by atoms with van der Waals surface area (Å²) < 4.78 is 22.9. The number of aliphatic hydroxyl groups is 1. The van der Waals surface area contributed by atoms with Gasteiger partial charge in [-0.2, -0.15) is 0 Å². The van der Waals surface area contributed by atoms with E-state index in [1.54, 1.807) is 12.1 Å². The molecule has 5 nitrogen and oxygen atoms in total. The van der Waals surface area contributed by atoms with Crippen molar-refractivity contribution in [2.45, 2.75) is 23.5 Å². The number of nitrogens with zero attached hydrogens (tertiary/aromatic N) is 2. The lowest BCUT2D eigenvalue weighted by Gasteiger charge is -2.28. The summed E-state index contributed by atoms with van der Waals surface area (Å²) in [5.41, 5.74) is 0.959. The molecule has 2 atom stereocenters. The van der Waals surface area contributed by atoms with Crippen LogP contribution >= 0.6 is 0 Å². The third-order valence-corrected chi connectivity index (χ3v) is 4.69. The summed E-state index contributed by atoms with van der Waals surface area (Å²) in [4.78, 5) is 4.57. The second-order valence-electron chi connectivity index (χ2n) is 5.72. The maximum Gasteiger partial charge on any atom is 0.175 e. The largest absolute Gasteiger partial charge is 0.391 e. The predicted molar refractivity (Wildman–Crippen MR) is 79.9 cm³/mol. The van der Waals surface area contributed by atoms with Gasteiger partial charge in [0.25, 0.3) is 0 Å². The SMILES string of the molecule is CN(C)CC1CC(O)CN1c1ccc(S(C)(=O)=O)cc1. The van der Waals surface area contributed by atoms with Crippen molar-refractivity contribution in [3.05, 3.63) is 24.3 Å². The average Bonchev–Trinajstić information content (AvgIpc) is 2.68. The molecule has 1 N–H and O–H groups in total. The Labute approximate surface area is 120 Å². The third-order valence-electron chi connectivity index (χ3n) is 3.56. The highest BCUT2D eigenvalue weighted by atomic mass is 32.2. The first-order valence-electron chi connectivity index (χ1n) is 6.67. The molecule has 0 aliphatic carbocycles. The van der Waals surface area contributed by atoms with Crippen LogP contribution in [0.1, 0.15) is 6.42 Å². The monoisotopic (exact) mass is 298 g/mol. The van der Waals surface area contributed by atoms with Crippen molar-refractivity contribution in [1.29, 1.82) is 0 Å². The fourth-order valence-electron chi connectivity index (χ4n) is 2.69. The standard InChI is InChI=1S/C14H22N2O3S/c1-15(2)9-12-8-13(17)10-16(12)11-4-6-14(7-5-11)20(3,18)19/h4-7,12-13,17H,8-10H2,1-3H3. The van der Waals surface area contributed by atoms with E-state index in [4.69, 9.17) is 0 Å². The van der Waals surface area contributed by atoms with Crippen LogP contribution in [-0.4, -0.2) is 64.0 Å². The van der Waals surface area contributed by atoms with E-state index in [-0.39, 0.29) is 12.1 Å². The minimum absolute atomic E-state index is 0.254. The quantitative estimate of drug-likeness (QED) is 0.881. The zero-order chi connectivity index (χ0) is 14.9. The van der Waals surface area contributed by atoms with E-state index in [9.17, 15) is 13.5 Å². The van der Waals surface area contributed by atoms with Gasteiger partial charge in [0.15, 0.2) is 9.84 Å². The van der Waals surface area contributed by atoms with Gasteiger partial charge in [-0.15, -0.1) is 0 Å². The Morgan fingerprint density at radius 2 is 1.90 bits per heavy atom. The van der Waals surface area contributed by atoms with Gasteiger partial charge in [-0.05, 0) is 44.8 Å². The molecule has 2 rings (SSSR count). The van der Waals surface area contributed by atoms with Gasteiger partial charge in [-0.25, -0.2) is 8.42 Å². The fourth-order valence-corrected chi connectivity index (χ4v) is 3.32. The van der Waals surface area contributed by atoms with Gasteiger partial charge >= 0.3 is 0 Å². The van der Waals surface area contributed by atoms with Gasteiger partial charge in [0.2, 0.25) is 0 Å².